The number of hydrogen-bond donors (Lipinski definition) is 2. The summed E-state index contributed by atoms with van der Waals surface area (Å²) in [6.45, 7) is 11.1. The van der Waals surface area contributed by atoms with Gasteiger partial charge in [0.1, 0.15) is 0 Å². The first-order valence-corrected chi connectivity index (χ1v) is 9.67. The van der Waals surface area contributed by atoms with E-state index in [4.69, 9.17) is 0 Å². The van der Waals surface area contributed by atoms with E-state index in [1.165, 1.54) is 0 Å². The van der Waals surface area contributed by atoms with Gasteiger partial charge in [0.05, 0.1) is 16.7 Å². The number of carbonyl (C=O) groups is 2. The fraction of sp³-hybridized carbons (Fsp3) is 0.706. The summed E-state index contributed by atoms with van der Waals surface area (Å²) in [7, 11) is 0. The number of aromatic nitrogens is 2. The summed E-state index contributed by atoms with van der Waals surface area (Å²) in [5, 5.41) is 10.1. The number of aromatic amines is 1. The molecule has 2 amide bonds. The van der Waals surface area contributed by atoms with Crippen molar-refractivity contribution in [3.63, 3.8) is 0 Å². The average molecular weight is 414 g/mol. The Kier molecular flexibility index (Phi) is 7.01. The van der Waals surface area contributed by atoms with Gasteiger partial charge in [-0.2, -0.15) is 5.10 Å². The Balaban J connectivity index is 1.87. The third kappa shape index (κ3) is 5.04. The van der Waals surface area contributed by atoms with Crippen LogP contribution in [0.25, 0.3) is 0 Å². The first-order chi connectivity index (χ1) is 11.8. The predicted molar refractivity (Wildman–Crippen MR) is 101 cm³/mol. The number of hydrogen-bond acceptors (Lipinski definition) is 4. The van der Waals surface area contributed by atoms with Crippen LogP contribution in [-0.4, -0.2) is 70.6 Å². The quantitative estimate of drug-likeness (QED) is 0.746. The van der Waals surface area contributed by atoms with Gasteiger partial charge in [-0.05, 0) is 35.2 Å². The van der Waals surface area contributed by atoms with Crippen molar-refractivity contribution in [2.45, 2.75) is 46.1 Å². The molecule has 8 heteroatoms. The van der Waals surface area contributed by atoms with E-state index in [2.05, 4.69) is 50.2 Å². The van der Waals surface area contributed by atoms with E-state index in [1.807, 2.05) is 13.8 Å². The lowest BCUT2D eigenvalue weighted by Crippen LogP contribution is -2.51. The Labute approximate surface area is 157 Å². The Bertz CT molecular complexity index is 608. The number of H-pyrrole nitrogens is 1. The molecule has 0 bridgehead atoms. The Hall–Kier alpha value is -1.41. The molecular formula is C17H28BrN5O2. The summed E-state index contributed by atoms with van der Waals surface area (Å²) >= 11 is 3.49. The largest absolute Gasteiger partial charge is 0.353 e. The molecule has 1 unspecified atom stereocenters. The van der Waals surface area contributed by atoms with Gasteiger partial charge >= 0.3 is 0 Å². The van der Waals surface area contributed by atoms with E-state index < -0.39 is 0 Å². The van der Waals surface area contributed by atoms with Crippen LogP contribution in [0.3, 0.4) is 0 Å². The molecule has 1 atom stereocenters. The molecule has 0 aliphatic carbocycles. The minimum Gasteiger partial charge on any atom is -0.353 e. The van der Waals surface area contributed by atoms with Crippen molar-refractivity contribution >= 4 is 27.7 Å². The Morgan fingerprint density at radius 3 is 2.40 bits per heavy atom. The van der Waals surface area contributed by atoms with Crippen LogP contribution >= 0.6 is 15.9 Å². The predicted octanol–water partition coefficient (Wildman–Crippen LogP) is 1.97. The van der Waals surface area contributed by atoms with Crippen molar-refractivity contribution in [2.75, 3.05) is 32.7 Å². The van der Waals surface area contributed by atoms with Crippen LogP contribution in [0.15, 0.2) is 4.47 Å². The normalized spacial score (nSPS) is 17.0. The molecule has 7 nitrogen and oxygen atoms in total. The van der Waals surface area contributed by atoms with Gasteiger partial charge in [0.15, 0.2) is 5.69 Å². The number of amides is 2. The van der Waals surface area contributed by atoms with Crippen molar-refractivity contribution in [2.24, 2.45) is 0 Å². The summed E-state index contributed by atoms with van der Waals surface area (Å²) in [5.74, 6) is 0.244. The van der Waals surface area contributed by atoms with Gasteiger partial charge in [-0.1, -0.05) is 20.8 Å². The van der Waals surface area contributed by atoms with Gasteiger partial charge in [-0.3, -0.25) is 19.6 Å². The second kappa shape index (κ2) is 8.80. The molecule has 2 rings (SSSR count). The number of carbonyl (C=O) groups excluding carboxylic acids is 2. The van der Waals surface area contributed by atoms with Crippen molar-refractivity contribution in [1.82, 2.24) is 25.3 Å². The summed E-state index contributed by atoms with van der Waals surface area (Å²) in [6, 6.07) is 0.197. The van der Waals surface area contributed by atoms with E-state index in [9.17, 15) is 9.59 Å². The first kappa shape index (κ1) is 19.9. The molecular weight excluding hydrogens is 386 g/mol. The lowest BCUT2D eigenvalue weighted by molar-refractivity contribution is -0.123. The highest BCUT2D eigenvalue weighted by Gasteiger charge is 2.27. The van der Waals surface area contributed by atoms with Crippen molar-refractivity contribution in [3.8, 4) is 0 Å². The van der Waals surface area contributed by atoms with E-state index in [0.29, 0.717) is 38.4 Å². The molecule has 1 aliphatic rings. The van der Waals surface area contributed by atoms with Crippen LogP contribution in [0.4, 0.5) is 0 Å². The first-order valence-electron chi connectivity index (χ1n) is 8.88. The van der Waals surface area contributed by atoms with Crippen LogP contribution in [0.1, 0.15) is 56.2 Å². The van der Waals surface area contributed by atoms with E-state index >= 15 is 0 Å². The molecule has 1 aromatic rings. The maximum atomic E-state index is 12.7. The zero-order valence-electron chi connectivity index (χ0n) is 15.4. The molecule has 1 aliphatic heterocycles. The molecule has 25 heavy (non-hydrogen) atoms. The standard InChI is InChI=1S/C17H28BrN5O2/c1-5-12(4)19-13(24)10-22-6-8-23(9-7-22)17(25)16-14(18)15(11(2)3)20-21-16/h11-12H,5-10H2,1-4H3,(H,19,24)(H,20,21). The van der Waals surface area contributed by atoms with E-state index in [0.717, 1.165) is 16.6 Å². The smallest absolute Gasteiger partial charge is 0.275 e. The van der Waals surface area contributed by atoms with Gasteiger partial charge in [0.2, 0.25) is 5.91 Å². The Morgan fingerprint density at radius 1 is 1.24 bits per heavy atom. The highest BCUT2D eigenvalue weighted by atomic mass is 79.9. The van der Waals surface area contributed by atoms with Gasteiger partial charge in [-0.25, -0.2) is 0 Å². The average Bonchev–Trinajstić information content (AvgIpc) is 2.96. The number of rotatable bonds is 6. The van der Waals surface area contributed by atoms with Gasteiger partial charge in [0.25, 0.3) is 5.91 Å². The minimum absolute atomic E-state index is 0.0470. The molecule has 0 spiro atoms. The zero-order valence-corrected chi connectivity index (χ0v) is 17.0. The second-order valence-electron chi connectivity index (χ2n) is 6.90. The number of piperazine rings is 1. The summed E-state index contributed by atoms with van der Waals surface area (Å²) in [6.07, 6.45) is 0.922. The molecule has 1 saturated heterocycles. The topological polar surface area (TPSA) is 81.3 Å². The highest BCUT2D eigenvalue weighted by Crippen LogP contribution is 2.26. The second-order valence-corrected chi connectivity index (χ2v) is 7.69. The minimum atomic E-state index is -0.0706. The molecule has 0 radical (unpaired) electrons. The van der Waals surface area contributed by atoms with Crippen molar-refractivity contribution < 1.29 is 9.59 Å². The van der Waals surface area contributed by atoms with Crippen LogP contribution < -0.4 is 5.32 Å². The van der Waals surface area contributed by atoms with Crippen molar-refractivity contribution in [1.29, 1.82) is 0 Å². The molecule has 140 valence electrons. The molecule has 1 fully saturated rings. The summed E-state index contributed by atoms with van der Waals surface area (Å²) < 4.78 is 0.753. The third-order valence-corrected chi connectivity index (χ3v) is 5.36. The van der Waals surface area contributed by atoms with E-state index in [1.54, 1.807) is 4.90 Å². The fourth-order valence-electron chi connectivity index (χ4n) is 2.75. The maximum absolute atomic E-state index is 12.7. The van der Waals surface area contributed by atoms with Crippen LogP contribution in [-0.2, 0) is 4.79 Å². The number of halogens is 1. The van der Waals surface area contributed by atoms with Crippen LogP contribution in [0.2, 0.25) is 0 Å². The summed E-state index contributed by atoms with van der Waals surface area (Å²) in [5.41, 5.74) is 1.37. The SMILES string of the molecule is CCC(C)NC(=O)CN1CCN(C(=O)c2n[nH]c(C(C)C)c2Br)CC1. The van der Waals surface area contributed by atoms with Crippen LogP contribution in [0, 0.1) is 0 Å². The highest BCUT2D eigenvalue weighted by molar-refractivity contribution is 9.10. The van der Waals surface area contributed by atoms with Gasteiger partial charge in [-0.15, -0.1) is 0 Å². The third-order valence-electron chi connectivity index (χ3n) is 4.56. The number of nitrogens with zero attached hydrogens (tertiary/aromatic N) is 3. The molecule has 2 heterocycles. The monoisotopic (exact) mass is 413 g/mol. The molecule has 1 aromatic heterocycles. The molecule has 2 N–H and O–H groups in total. The lowest BCUT2D eigenvalue weighted by atomic mass is 10.1. The Morgan fingerprint density at radius 2 is 1.88 bits per heavy atom. The van der Waals surface area contributed by atoms with Gasteiger partial charge in [0, 0.05) is 32.2 Å². The van der Waals surface area contributed by atoms with Gasteiger partial charge < -0.3 is 10.2 Å². The number of nitrogens with one attached hydrogen (secondary N) is 2. The molecule has 0 aromatic carbocycles. The maximum Gasteiger partial charge on any atom is 0.275 e. The zero-order chi connectivity index (χ0) is 18.6. The molecule has 0 saturated carbocycles. The summed E-state index contributed by atoms with van der Waals surface area (Å²) in [4.78, 5) is 28.5. The lowest BCUT2D eigenvalue weighted by Gasteiger charge is -2.34. The van der Waals surface area contributed by atoms with Crippen molar-refractivity contribution in [3.05, 3.63) is 15.9 Å². The van der Waals surface area contributed by atoms with Crippen LogP contribution in [0.5, 0.6) is 0 Å². The fourth-order valence-corrected chi connectivity index (χ4v) is 3.56. The van der Waals surface area contributed by atoms with E-state index in [-0.39, 0.29) is 23.8 Å².